The van der Waals surface area contributed by atoms with Crippen molar-refractivity contribution in [3.63, 3.8) is 0 Å². The van der Waals surface area contributed by atoms with Crippen molar-refractivity contribution in [3.05, 3.63) is 53.9 Å². The second-order valence-corrected chi connectivity index (χ2v) is 6.37. The van der Waals surface area contributed by atoms with E-state index in [2.05, 4.69) is 21.8 Å². The maximum atomic E-state index is 12.9. The average molecular weight is 329 g/mol. The fourth-order valence-corrected chi connectivity index (χ4v) is 3.08. The molecule has 24 heavy (non-hydrogen) atoms. The summed E-state index contributed by atoms with van der Waals surface area (Å²) in [5.41, 5.74) is 1.16. The molecule has 0 aliphatic carbocycles. The largest absolute Gasteiger partial charge is 0.493 e. The third kappa shape index (κ3) is 4.74. The van der Waals surface area contributed by atoms with Crippen molar-refractivity contribution in [2.45, 2.75) is 32.7 Å². The molecule has 1 aromatic carbocycles. The van der Waals surface area contributed by atoms with Gasteiger partial charge in [-0.15, -0.1) is 0 Å². The zero-order valence-corrected chi connectivity index (χ0v) is 14.1. The fourth-order valence-electron chi connectivity index (χ4n) is 3.08. The Morgan fingerprint density at radius 1 is 1.21 bits per heavy atom. The van der Waals surface area contributed by atoms with Gasteiger partial charge < -0.3 is 4.74 Å². The van der Waals surface area contributed by atoms with Crippen LogP contribution in [-0.4, -0.2) is 34.6 Å². The molecule has 0 spiro atoms. The van der Waals surface area contributed by atoms with Crippen molar-refractivity contribution in [1.29, 1.82) is 0 Å². The quantitative estimate of drug-likeness (QED) is 0.813. The molecule has 4 nitrogen and oxygen atoms in total. The molecular weight excluding hydrogens is 305 g/mol. The van der Waals surface area contributed by atoms with Crippen LogP contribution in [0.1, 0.15) is 31.2 Å². The normalized spacial score (nSPS) is 18.5. The summed E-state index contributed by atoms with van der Waals surface area (Å²) >= 11 is 0. The molecule has 0 bridgehead atoms. The van der Waals surface area contributed by atoms with Gasteiger partial charge in [-0.1, -0.05) is 6.92 Å². The molecule has 0 amide bonds. The maximum absolute atomic E-state index is 12.9. The number of benzene rings is 1. The first-order valence-electron chi connectivity index (χ1n) is 8.63. The minimum Gasteiger partial charge on any atom is -0.493 e. The molecule has 128 valence electrons. The number of nitrogens with zero attached hydrogens (tertiary/aromatic N) is 3. The van der Waals surface area contributed by atoms with Gasteiger partial charge in [0.15, 0.2) is 0 Å². The Morgan fingerprint density at radius 3 is 2.67 bits per heavy atom. The van der Waals surface area contributed by atoms with Gasteiger partial charge in [0.05, 0.1) is 6.61 Å². The van der Waals surface area contributed by atoms with Crippen molar-refractivity contribution >= 4 is 0 Å². The van der Waals surface area contributed by atoms with Gasteiger partial charge in [-0.2, -0.15) is 0 Å². The summed E-state index contributed by atoms with van der Waals surface area (Å²) in [6, 6.07) is 6.23. The third-order valence-corrected chi connectivity index (χ3v) is 4.38. The average Bonchev–Trinajstić information content (AvgIpc) is 2.62. The molecule has 5 heteroatoms. The van der Waals surface area contributed by atoms with Crippen molar-refractivity contribution in [3.8, 4) is 5.75 Å². The molecule has 1 fully saturated rings. The van der Waals surface area contributed by atoms with E-state index in [1.54, 1.807) is 12.1 Å². The Balaban J connectivity index is 1.49. The SMILES string of the molecule is CCc1ncc(CN2CCCC(COc3ccc(F)cc3)C2)cn1. The van der Waals surface area contributed by atoms with Crippen LogP contribution in [0.25, 0.3) is 0 Å². The molecule has 1 unspecified atom stereocenters. The molecule has 0 radical (unpaired) electrons. The molecule has 1 aliphatic rings. The Labute approximate surface area is 142 Å². The number of halogens is 1. The molecule has 3 rings (SSSR count). The van der Waals surface area contributed by atoms with E-state index in [4.69, 9.17) is 4.74 Å². The third-order valence-electron chi connectivity index (χ3n) is 4.38. The fraction of sp³-hybridized carbons (Fsp3) is 0.474. The van der Waals surface area contributed by atoms with Crippen LogP contribution in [-0.2, 0) is 13.0 Å². The standard InChI is InChI=1S/C19H24FN3O/c1-2-19-21-10-16(11-22-19)13-23-9-3-4-15(12-23)14-24-18-7-5-17(20)6-8-18/h5-8,10-11,15H,2-4,9,12-14H2,1H3. The molecule has 1 aliphatic heterocycles. The second kappa shape index (κ2) is 8.20. The number of aromatic nitrogens is 2. The highest BCUT2D eigenvalue weighted by atomic mass is 19.1. The highest BCUT2D eigenvalue weighted by Crippen LogP contribution is 2.20. The second-order valence-electron chi connectivity index (χ2n) is 6.37. The first kappa shape index (κ1) is 16.8. The predicted molar refractivity (Wildman–Crippen MR) is 91.3 cm³/mol. The Kier molecular flexibility index (Phi) is 5.75. The maximum Gasteiger partial charge on any atom is 0.127 e. The van der Waals surface area contributed by atoms with E-state index in [1.807, 2.05) is 12.4 Å². The number of aryl methyl sites for hydroxylation is 1. The highest BCUT2D eigenvalue weighted by Gasteiger charge is 2.20. The lowest BCUT2D eigenvalue weighted by Crippen LogP contribution is -2.37. The van der Waals surface area contributed by atoms with Crippen LogP contribution in [0.3, 0.4) is 0 Å². The van der Waals surface area contributed by atoms with E-state index >= 15 is 0 Å². The zero-order chi connectivity index (χ0) is 16.8. The molecule has 0 saturated carbocycles. The van der Waals surface area contributed by atoms with Gasteiger partial charge in [0.1, 0.15) is 17.4 Å². The van der Waals surface area contributed by atoms with Crippen molar-refractivity contribution in [2.75, 3.05) is 19.7 Å². The number of ether oxygens (including phenoxy) is 1. The summed E-state index contributed by atoms with van der Waals surface area (Å²) in [5.74, 6) is 1.89. The molecule has 1 aromatic heterocycles. The number of rotatable bonds is 6. The van der Waals surface area contributed by atoms with Gasteiger partial charge in [-0.3, -0.25) is 4.90 Å². The highest BCUT2D eigenvalue weighted by molar-refractivity contribution is 5.22. The molecular formula is C19H24FN3O. The van der Waals surface area contributed by atoms with Crippen LogP contribution in [0.2, 0.25) is 0 Å². The van der Waals surface area contributed by atoms with Gasteiger partial charge >= 0.3 is 0 Å². The van der Waals surface area contributed by atoms with Gasteiger partial charge in [-0.25, -0.2) is 14.4 Å². The molecule has 2 aromatic rings. The van der Waals surface area contributed by atoms with E-state index in [9.17, 15) is 4.39 Å². The summed E-state index contributed by atoms with van der Waals surface area (Å²) in [6.45, 7) is 5.73. The van der Waals surface area contributed by atoms with Crippen LogP contribution in [0.15, 0.2) is 36.7 Å². The number of hydrogen-bond donors (Lipinski definition) is 0. The van der Waals surface area contributed by atoms with Crippen molar-refractivity contribution in [2.24, 2.45) is 5.92 Å². The number of likely N-dealkylation sites (tertiary alicyclic amines) is 1. The van der Waals surface area contributed by atoms with Crippen LogP contribution >= 0.6 is 0 Å². The van der Waals surface area contributed by atoms with E-state index in [0.29, 0.717) is 12.5 Å². The topological polar surface area (TPSA) is 38.2 Å². The molecule has 1 saturated heterocycles. The van der Waals surface area contributed by atoms with Crippen molar-refractivity contribution < 1.29 is 9.13 Å². The van der Waals surface area contributed by atoms with Crippen LogP contribution < -0.4 is 4.74 Å². The number of piperidine rings is 1. The first-order valence-corrected chi connectivity index (χ1v) is 8.63. The summed E-state index contributed by atoms with van der Waals surface area (Å²) in [4.78, 5) is 11.2. The minimum absolute atomic E-state index is 0.234. The van der Waals surface area contributed by atoms with E-state index in [0.717, 1.165) is 43.2 Å². The summed E-state index contributed by atoms with van der Waals surface area (Å²) in [5, 5.41) is 0. The molecule has 1 atom stereocenters. The van der Waals surface area contributed by atoms with Crippen LogP contribution in [0, 0.1) is 11.7 Å². The van der Waals surface area contributed by atoms with Crippen molar-refractivity contribution in [1.82, 2.24) is 14.9 Å². The predicted octanol–water partition coefficient (Wildman–Crippen LogP) is 3.47. The first-order chi connectivity index (χ1) is 11.7. The Bertz CT molecular complexity index is 630. The van der Waals surface area contributed by atoms with Gasteiger partial charge in [-0.05, 0) is 43.7 Å². The zero-order valence-electron chi connectivity index (χ0n) is 14.1. The molecule has 0 N–H and O–H groups in total. The number of hydrogen-bond acceptors (Lipinski definition) is 4. The lowest BCUT2D eigenvalue weighted by Gasteiger charge is -2.32. The summed E-state index contributed by atoms with van der Waals surface area (Å²) in [7, 11) is 0. The minimum atomic E-state index is -0.234. The lowest BCUT2D eigenvalue weighted by atomic mass is 9.98. The van der Waals surface area contributed by atoms with Gasteiger partial charge in [0.25, 0.3) is 0 Å². The van der Waals surface area contributed by atoms with E-state index < -0.39 is 0 Å². The Morgan fingerprint density at radius 2 is 1.96 bits per heavy atom. The van der Waals surface area contributed by atoms with Gasteiger partial charge in [0, 0.05) is 43.4 Å². The lowest BCUT2D eigenvalue weighted by molar-refractivity contribution is 0.125. The van der Waals surface area contributed by atoms with E-state index in [1.165, 1.54) is 25.0 Å². The summed E-state index contributed by atoms with van der Waals surface area (Å²) < 4.78 is 18.7. The summed E-state index contributed by atoms with van der Waals surface area (Å²) in [6.07, 6.45) is 7.08. The van der Waals surface area contributed by atoms with Crippen LogP contribution in [0.4, 0.5) is 4.39 Å². The van der Waals surface area contributed by atoms with E-state index in [-0.39, 0.29) is 5.82 Å². The smallest absolute Gasteiger partial charge is 0.127 e. The Hall–Kier alpha value is -2.01. The monoisotopic (exact) mass is 329 g/mol. The van der Waals surface area contributed by atoms with Gasteiger partial charge in [0.2, 0.25) is 0 Å². The molecule has 2 heterocycles. The van der Waals surface area contributed by atoms with Crippen LogP contribution in [0.5, 0.6) is 5.75 Å².